The third-order valence-electron chi connectivity index (χ3n) is 4.91. The molecule has 0 bridgehead atoms. The minimum Gasteiger partial charge on any atom is -0.325 e. The number of carbonyl (C=O) groups is 1. The maximum Gasteiger partial charge on any atom is 0.243 e. The molecular formula is C24H25BrN2O3S. The summed E-state index contributed by atoms with van der Waals surface area (Å²) in [6.07, 6.45) is 1.42. The van der Waals surface area contributed by atoms with E-state index >= 15 is 0 Å². The van der Waals surface area contributed by atoms with Crippen LogP contribution in [-0.4, -0.2) is 31.7 Å². The molecule has 3 aromatic rings. The first-order valence-corrected chi connectivity index (χ1v) is 12.3. The third kappa shape index (κ3) is 6.50. The van der Waals surface area contributed by atoms with Gasteiger partial charge in [0.05, 0.1) is 11.4 Å². The first-order valence-electron chi connectivity index (χ1n) is 10.1. The molecule has 31 heavy (non-hydrogen) atoms. The predicted molar refractivity (Wildman–Crippen MR) is 127 cm³/mol. The lowest BCUT2D eigenvalue weighted by molar-refractivity contribution is -0.116. The van der Waals surface area contributed by atoms with Crippen molar-refractivity contribution in [3.8, 4) is 0 Å². The maximum atomic E-state index is 13.3. The van der Waals surface area contributed by atoms with E-state index < -0.39 is 10.0 Å². The van der Waals surface area contributed by atoms with Crippen LogP contribution in [0.5, 0.6) is 0 Å². The molecule has 0 saturated heterocycles. The Kier molecular flexibility index (Phi) is 8.01. The van der Waals surface area contributed by atoms with Crippen LogP contribution >= 0.6 is 15.9 Å². The fourth-order valence-electron chi connectivity index (χ4n) is 3.12. The van der Waals surface area contributed by atoms with Gasteiger partial charge < -0.3 is 5.32 Å². The van der Waals surface area contributed by atoms with Crippen LogP contribution in [-0.2, 0) is 27.7 Å². The second-order valence-corrected chi connectivity index (χ2v) is 9.98. The van der Waals surface area contributed by atoms with Gasteiger partial charge >= 0.3 is 0 Å². The molecular weight excluding hydrogens is 476 g/mol. The summed E-state index contributed by atoms with van der Waals surface area (Å²) in [7, 11) is -3.83. The molecule has 0 aliphatic heterocycles. The molecule has 1 amide bonds. The van der Waals surface area contributed by atoms with Crippen molar-refractivity contribution in [1.29, 1.82) is 0 Å². The standard InChI is InChI=1S/C24H25BrN2O3S/c1-2-19-8-12-22(13-9-19)26-24(28)18-27(17-16-20-6-4-3-5-7-20)31(29,30)23-14-10-21(25)11-15-23/h3-15H,2,16-18H2,1H3,(H,26,28). The summed E-state index contributed by atoms with van der Waals surface area (Å²) in [5.41, 5.74) is 2.82. The van der Waals surface area contributed by atoms with Gasteiger partial charge in [-0.3, -0.25) is 4.79 Å². The van der Waals surface area contributed by atoms with Gasteiger partial charge in [0, 0.05) is 16.7 Å². The van der Waals surface area contributed by atoms with E-state index in [1.807, 2.05) is 54.6 Å². The molecule has 0 aromatic heterocycles. The number of anilines is 1. The Morgan fingerprint density at radius 1 is 0.903 bits per heavy atom. The molecule has 3 rings (SSSR count). The molecule has 5 nitrogen and oxygen atoms in total. The molecule has 0 heterocycles. The van der Waals surface area contributed by atoms with Gasteiger partial charge in [0.15, 0.2) is 0 Å². The lowest BCUT2D eigenvalue weighted by Crippen LogP contribution is -2.39. The van der Waals surface area contributed by atoms with Crippen LogP contribution in [0.1, 0.15) is 18.1 Å². The van der Waals surface area contributed by atoms with E-state index in [-0.39, 0.29) is 23.9 Å². The fraction of sp³-hybridized carbons (Fsp3) is 0.208. The highest BCUT2D eigenvalue weighted by atomic mass is 79.9. The lowest BCUT2D eigenvalue weighted by atomic mass is 10.1. The van der Waals surface area contributed by atoms with Crippen molar-refractivity contribution in [3.63, 3.8) is 0 Å². The highest BCUT2D eigenvalue weighted by Crippen LogP contribution is 2.20. The Hall–Kier alpha value is -2.48. The average Bonchev–Trinajstić information content (AvgIpc) is 2.78. The second kappa shape index (κ2) is 10.7. The Morgan fingerprint density at radius 2 is 1.55 bits per heavy atom. The summed E-state index contributed by atoms with van der Waals surface area (Å²) in [6.45, 7) is 2.00. The summed E-state index contributed by atoms with van der Waals surface area (Å²) in [5, 5.41) is 2.80. The Morgan fingerprint density at radius 3 is 2.16 bits per heavy atom. The number of benzene rings is 3. The molecule has 0 aliphatic rings. The number of aryl methyl sites for hydroxylation is 1. The average molecular weight is 501 g/mol. The number of rotatable bonds is 9. The van der Waals surface area contributed by atoms with Crippen molar-refractivity contribution in [2.75, 3.05) is 18.4 Å². The molecule has 162 valence electrons. The van der Waals surface area contributed by atoms with E-state index in [9.17, 15) is 13.2 Å². The van der Waals surface area contributed by atoms with E-state index in [0.29, 0.717) is 12.1 Å². The number of halogens is 1. The number of nitrogens with one attached hydrogen (secondary N) is 1. The lowest BCUT2D eigenvalue weighted by Gasteiger charge is -2.22. The van der Waals surface area contributed by atoms with E-state index in [4.69, 9.17) is 0 Å². The maximum absolute atomic E-state index is 13.3. The summed E-state index contributed by atoms with van der Waals surface area (Å²) < 4.78 is 28.6. The number of hydrogen-bond acceptors (Lipinski definition) is 3. The summed E-state index contributed by atoms with van der Waals surface area (Å²) in [6, 6.07) is 23.6. The molecule has 0 aliphatic carbocycles. The molecule has 0 fully saturated rings. The van der Waals surface area contributed by atoms with E-state index in [2.05, 4.69) is 28.2 Å². The van der Waals surface area contributed by atoms with Crippen LogP contribution in [0.15, 0.2) is 88.2 Å². The molecule has 1 N–H and O–H groups in total. The monoisotopic (exact) mass is 500 g/mol. The van der Waals surface area contributed by atoms with E-state index in [0.717, 1.165) is 16.5 Å². The van der Waals surface area contributed by atoms with Gasteiger partial charge in [-0.2, -0.15) is 4.31 Å². The fourth-order valence-corrected chi connectivity index (χ4v) is 4.78. The largest absolute Gasteiger partial charge is 0.325 e. The topological polar surface area (TPSA) is 66.5 Å². The van der Waals surface area contributed by atoms with Crippen molar-refractivity contribution in [3.05, 3.63) is 94.5 Å². The highest BCUT2D eigenvalue weighted by Gasteiger charge is 2.26. The predicted octanol–water partition coefficient (Wildman–Crippen LogP) is 4.88. The number of carbonyl (C=O) groups excluding carboxylic acids is 1. The zero-order valence-corrected chi connectivity index (χ0v) is 19.7. The molecule has 0 saturated carbocycles. The number of nitrogens with zero attached hydrogens (tertiary/aromatic N) is 1. The first kappa shape index (κ1) is 23.2. The van der Waals surface area contributed by atoms with Crippen LogP contribution in [0.4, 0.5) is 5.69 Å². The SMILES string of the molecule is CCc1ccc(NC(=O)CN(CCc2ccccc2)S(=O)(=O)c2ccc(Br)cc2)cc1. The summed E-state index contributed by atoms with van der Waals surface area (Å²) in [4.78, 5) is 12.9. The Labute approximate surface area is 192 Å². The Balaban J connectivity index is 1.78. The Bertz CT molecular complexity index is 1100. The van der Waals surface area contributed by atoms with Gasteiger partial charge in [0.1, 0.15) is 0 Å². The zero-order valence-electron chi connectivity index (χ0n) is 17.3. The first-order chi connectivity index (χ1) is 14.9. The number of sulfonamides is 1. The number of amides is 1. The van der Waals surface area contributed by atoms with Gasteiger partial charge in [0.2, 0.25) is 15.9 Å². The quantitative estimate of drug-likeness (QED) is 0.455. The normalized spacial score (nSPS) is 11.5. The summed E-state index contributed by atoms with van der Waals surface area (Å²) in [5.74, 6) is -0.377. The highest BCUT2D eigenvalue weighted by molar-refractivity contribution is 9.10. The second-order valence-electron chi connectivity index (χ2n) is 7.13. The minimum atomic E-state index is -3.83. The van der Waals surface area contributed by atoms with Gasteiger partial charge in [-0.1, -0.05) is 65.3 Å². The van der Waals surface area contributed by atoms with E-state index in [1.54, 1.807) is 12.1 Å². The summed E-state index contributed by atoms with van der Waals surface area (Å²) >= 11 is 3.33. The zero-order chi connectivity index (χ0) is 22.3. The van der Waals surface area contributed by atoms with Gasteiger partial charge in [-0.15, -0.1) is 0 Å². The van der Waals surface area contributed by atoms with E-state index in [1.165, 1.54) is 22.0 Å². The van der Waals surface area contributed by atoms with Crippen LogP contribution in [0.3, 0.4) is 0 Å². The molecule has 0 radical (unpaired) electrons. The van der Waals surface area contributed by atoms with Gasteiger partial charge in [-0.05, 0) is 60.4 Å². The van der Waals surface area contributed by atoms with Crippen molar-refractivity contribution >= 4 is 37.5 Å². The molecule has 0 atom stereocenters. The van der Waals surface area contributed by atoms with Crippen molar-refractivity contribution in [2.45, 2.75) is 24.7 Å². The van der Waals surface area contributed by atoms with Crippen molar-refractivity contribution in [1.82, 2.24) is 4.31 Å². The van der Waals surface area contributed by atoms with Crippen LogP contribution in [0.2, 0.25) is 0 Å². The molecule has 7 heteroatoms. The number of hydrogen-bond donors (Lipinski definition) is 1. The van der Waals surface area contributed by atoms with Crippen molar-refractivity contribution < 1.29 is 13.2 Å². The molecule has 3 aromatic carbocycles. The molecule has 0 unspecified atom stereocenters. The smallest absolute Gasteiger partial charge is 0.243 e. The van der Waals surface area contributed by atoms with Gasteiger partial charge in [-0.25, -0.2) is 8.42 Å². The minimum absolute atomic E-state index is 0.156. The molecule has 0 spiro atoms. The van der Waals surface area contributed by atoms with Crippen LogP contribution in [0.25, 0.3) is 0 Å². The van der Waals surface area contributed by atoms with Crippen LogP contribution < -0.4 is 5.32 Å². The van der Waals surface area contributed by atoms with Gasteiger partial charge in [0.25, 0.3) is 0 Å². The van der Waals surface area contributed by atoms with Crippen molar-refractivity contribution in [2.24, 2.45) is 0 Å². The van der Waals surface area contributed by atoms with Crippen LogP contribution in [0, 0.1) is 0 Å². The third-order valence-corrected chi connectivity index (χ3v) is 7.30.